The van der Waals surface area contributed by atoms with Crippen molar-refractivity contribution in [2.24, 2.45) is 11.3 Å². The number of hydrogen-bond donors (Lipinski definition) is 2. The SMILES string of the molecule is COc1cccc(-c2ccc(NC(=O)[C@H]3CCCN(CC(C)(C)CO)C3)cc2)c1. The number of amides is 1. The van der Waals surface area contributed by atoms with Gasteiger partial charge >= 0.3 is 0 Å². The highest BCUT2D eigenvalue weighted by molar-refractivity contribution is 5.93. The molecule has 0 aliphatic carbocycles. The maximum Gasteiger partial charge on any atom is 0.228 e. The minimum atomic E-state index is -0.145. The van der Waals surface area contributed by atoms with Crippen LogP contribution in [0.2, 0.25) is 0 Å². The lowest BCUT2D eigenvalue weighted by molar-refractivity contribution is -0.121. The molecule has 2 N–H and O–H groups in total. The van der Waals surface area contributed by atoms with Crippen LogP contribution in [0.15, 0.2) is 48.5 Å². The molecule has 1 aliphatic heterocycles. The summed E-state index contributed by atoms with van der Waals surface area (Å²) in [6.45, 7) is 6.81. The van der Waals surface area contributed by atoms with E-state index in [9.17, 15) is 9.90 Å². The minimum absolute atomic E-state index is 0.0173. The van der Waals surface area contributed by atoms with E-state index in [1.807, 2.05) is 48.5 Å². The summed E-state index contributed by atoms with van der Waals surface area (Å²) in [7, 11) is 1.66. The van der Waals surface area contributed by atoms with Gasteiger partial charge in [0.05, 0.1) is 13.0 Å². The zero-order chi connectivity index (χ0) is 20.9. The Morgan fingerprint density at radius 2 is 1.97 bits per heavy atom. The topological polar surface area (TPSA) is 61.8 Å². The molecule has 5 nitrogen and oxygen atoms in total. The van der Waals surface area contributed by atoms with Crippen LogP contribution < -0.4 is 10.1 Å². The fraction of sp³-hybridized carbons (Fsp3) is 0.458. The van der Waals surface area contributed by atoms with E-state index < -0.39 is 0 Å². The first-order valence-electron chi connectivity index (χ1n) is 10.3. The van der Waals surface area contributed by atoms with E-state index in [0.717, 1.165) is 55.0 Å². The number of anilines is 1. The van der Waals surface area contributed by atoms with Crippen molar-refractivity contribution in [3.8, 4) is 16.9 Å². The third-order valence-electron chi connectivity index (χ3n) is 5.51. The molecule has 156 valence electrons. The van der Waals surface area contributed by atoms with Gasteiger partial charge in [-0.15, -0.1) is 0 Å². The standard InChI is InChI=1S/C24H32N2O3/c1-24(2,17-27)16-26-13-5-7-20(15-26)23(28)25-21-11-9-18(10-12-21)19-6-4-8-22(14-19)29-3/h4,6,8-12,14,20,27H,5,7,13,15-17H2,1-3H3,(H,25,28)/t20-/m0/s1. The van der Waals surface area contributed by atoms with Crippen LogP contribution in [0.1, 0.15) is 26.7 Å². The molecule has 5 heteroatoms. The average Bonchev–Trinajstić information content (AvgIpc) is 2.74. The van der Waals surface area contributed by atoms with Crippen LogP contribution >= 0.6 is 0 Å². The number of likely N-dealkylation sites (tertiary alicyclic amines) is 1. The number of benzene rings is 2. The van der Waals surface area contributed by atoms with Crippen molar-refractivity contribution >= 4 is 11.6 Å². The number of aliphatic hydroxyl groups excluding tert-OH is 1. The van der Waals surface area contributed by atoms with Gasteiger partial charge in [0.25, 0.3) is 0 Å². The van der Waals surface area contributed by atoms with Gasteiger partial charge in [-0.25, -0.2) is 0 Å². The van der Waals surface area contributed by atoms with Gasteiger partial charge in [-0.05, 0) is 54.8 Å². The van der Waals surface area contributed by atoms with Crippen molar-refractivity contribution in [3.05, 3.63) is 48.5 Å². The number of nitrogens with zero attached hydrogens (tertiary/aromatic N) is 1. The number of methoxy groups -OCH3 is 1. The van der Waals surface area contributed by atoms with Crippen molar-refractivity contribution < 1.29 is 14.6 Å². The van der Waals surface area contributed by atoms with Crippen LogP contribution in [-0.4, -0.2) is 49.3 Å². The predicted octanol–water partition coefficient (Wildman–Crippen LogP) is 4.03. The molecule has 1 fully saturated rings. The molecule has 0 unspecified atom stereocenters. The summed E-state index contributed by atoms with van der Waals surface area (Å²) < 4.78 is 5.29. The van der Waals surface area contributed by atoms with E-state index in [2.05, 4.69) is 24.1 Å². The quantitative estimate of drug-likeness (QED) is 0.742. The Kier molecular flexibility index (Phi) is 6.93. The summed E-state index contributed by atoms with van der Waals surface area (Å²) >= 11 is 0. The van der Waals surface area contributed by atoms with E-state index >= 15 is 0 Å². The second-order valence-corrected chi connectivity index (χ2v) is 8.70. The van der Waals surface area contributed by atoms with Crippen LogP contribution in [0.3, 0.4) is 0 Å². The molecule has 2 aromatic rings. The molecule has 1 heterocycles. The lowest BCUT2D eigenvalue weighted by Gasteiger charge is -2.36. The van der Waals surface area contributed by atoms with Gasteiger partial charge in [0.1, 0.15) is 5.75 Å². The average molecular weight is 397 g/mol. The molecule has 0 aromatic heterocycles. The molecule has 0 radical (unpaired) electrons. The first kappa shape index (κ1) is 21.3. The van der Waals surface area contributed by atoms with E-state index in [1.165, 1.54) is 0 Å². The lowest BCUT2D eigenvalue weighted by Crippen LogP contribution is -2.45. The molecule has 1 atom stereocenters. The van der Waals surface area contributed by atoms with Crippen LogP contribution in [0.5, 0.6) is 5.75 Å². The summed E-state index contributed by atoms with van der Waals surface area (Å²) in [5.74, 6) is 0.882. The maximum atomic E-state index is 12.8. The van der Waals surface area contributed by atoms with E-state index in [1.54, 1.807) is 7.11 Å². The smallest absolute Gasteiger partial charge is 0.228 e. The Hall–Kier alpha value is -2.37. The van der Waals surface area contributed by atoms with Crippen LogP contribution in [0.25, 0.3) is 11.1 Å². The van der Waals surface area contributed by atoms with Crippen LogP contribution in [0.4, 0.5) is 5.69 Å². The van der Waals surface area contributed by atoms with Crippen LogP contribution in [0, 0.1) is 11.3 Å². The number of nitrogens with one attached hydrogen (secondary N) is 1. The highest BCUT2D eigenvalue weighted by Crippen LogP contribution is 2.26. The Morgan fingerprint density at radius 3 is 2.66 bits per heavy atom. The zero-order valence-electron chi connectivity index (χ0n) is 17.6. The third-order valence-corrected chi connectivity index (χ3v) is 5.51. The molecule has 1 saturated heterocycles. The van der Waals surface area contributed by atoms with Crippen molar-refractivity contribution in [3.63, 3.8) is 0 Å². The van der Waals surface area contributed by atoms with Crippen molar-refractivity contribution in [1.29, 1.82) is 0 Å². The Bertz CT molecular complexity index is 817. The Balaban J connectivity index is 1.60. The van der Waals surface area contributed by atoms with Gasteiger partial charge in [0.15, 0.2) is 0 Å². The van der Waals surface area contributed by atoms with E-state index in [-0.39, 0.29) is 23.8 Å². The first-order chi connectivity index (χ1) is 13.9. The number of carbonyl (C=O) groups is 1. The monoisotopic (exact) mass is 396 g/mol. The van der Waals surface area contributed by atoms with Gasteiger partial charge in [-0.2, -0.15) is 0 Å². The van der Waals surface area contributed by atoms with Gasteiger partial charge < -0.3 is 20.1 Å². The lowest BCUT2D eigenvalue weighted by atomic mass is 9.90. The minimum Gasteiger partial charge on any atom is -0.497 e. The molecule has 1 aliphatic rings. The molecule has 0 spiro atoms. The number of aliphatic hydroxyl groups is 1. The Morgan fingerprint density at radius 1 is 1.21 bits per heavy atom. The molecule has 0 saturated carbocycles. The highest BCUT2D eigenvalue weighted by atomic mass is 16.5. The summed E-state index contributed by atoms with van der Waals surface area (Å²) in [6.07, 6.45) is 1.91. The fourth-order valence-electron chi connectivity index (χ4n) is 3.86. The van der Waals surface area contributed by atoms with Gasteiger partial charge in [0.2, 0.25) is 5.91 Å². The molecule has 29 heavy (non-hydrogen) atoms. The largest absolute Gasteiger partial charge is 0.497 e. The summed E-state index contributed by atoms with van der Waals surface area (Å²) in [5.41, 5.74) is 2.83. The second kappa shape index (κ2) is 9.42. The van der Waals surface area contributed by atoms with Gasteiger partial charge in [-0.3, -0.25) is 4.79 Å². The van der Waals surface area contributed by atoms with E-state index in [0.29, 0.717) is 0 Å². The zero-order valence-corrected chi connectivity index (χ0v) is 17.6. The summed E-state index contributed by atoms with van der Waals surface area (Å²) in [4.78, 5) is 15.1. The van der Waals surface area contributed by atoms with Crippen LogP contribution in [-0.2, 0) is 4.79 Å². The molecule has 1 amide bonds. The summed E-state index contributed by atoms with van der Waals surface area (Å²) in [6, 6.07) is 15.9. The third kappa shape index (κ3) is 5.81. The maximum absolute atomic E-state index is 12.8. The molecule has 3 rings (SSSR count). The number of carbonyl (C=O) groups excluding carboxylic acids is 1. The normalized spacial score (nSPS) is 17.7. The van der Waals surface area contributed by atoms with E-state index in [4.69, 9.17) is 4.74 Å². The first-order valence-corrected chi connectivity index (χ1v) is 10.3. The molecular formula is C24H32N2O3. The van der Waals surface area contributed by atoms with Gasteiger partial charge in [-0.1, -0.05) is 38.1 Å². The molecular weight excluding hydrogens is 364 g/mol. The number of rotatable bonds is 7. The van der Waals surface area contributed by atoms with Crippen molar-refractivity contribution in [1.82, 2.24) is 4.90 Å². The summed E-state index contributed by atoms with van der Waals surface area (Å²) in [5, 5.41) is 12.6. The number of piperidine rings is 1. The Labute approximate surface area is 173 Å². The number of hydrogen-bond acceptors (Lipinski definition) is 4. The number of ether oxygens (including phenoxy) is 1. The second-order valence-electron chi connectivity index (χ2n) is 8.70. The molecule has 0 bridgehead atoms. The van der Waals surface area contributed by atoms with Crippen molar-refractivity contribution in [2.75, 3.05) is 38.7 Å². The van der Waals surface area contributed by atoms with Crippen molar-refractivity contribution in [2.45, 2.75) is 26.7 Å². The predicted molar refractivity (Wildman–Crippen MR) is 117 cm³/mol. The molecule has 2 aromatic carbocycles. The fourth-order valence-corrected chi connectivity index (χ4v) is 3.86. The highest BCUT2D eigenvalue weighted by Gasteiger charge is 2.29. The van der Waals surface area contributed by atoms with Gasteiger partial charge in [0, 0.05) is 30.8 Å².